The Morgan fingerprint density at radius 2 is 2.10 bits per heavy atom. The van der Waals surface area contributed by atoms with E-state index in [0.29, 0.717) is 16.9 Å². The number of nitriles is 1. The third-order valence-electron chi connectivity index (χ3n) is 2.91. The van der Waals surface area contributed by atoms with Crippen LogP contribution in [0.15, 0.2) is 42.5 Å². The maximum absolute atomic E-state index is 13.6. The van der Waals surface area contributed by atoms with E-state index in [4.69, 9.17) is 10.00 Å². The van der Waals surface area contributed by atoms with Gasteiger partial charge in [0.05, 0.1) is 17.7 Å². The van der Waals surface area contributed by atoms with Gasteiger partial charge in [-0.3, -0.25) is 0 Å². The molecule has 0 unspecified atom stereocenters. The zero-order chi connectivity index (χ0) is 14.5. The van der Waals surface area contributed by atoms with E-state index in [1.165, 1.54) is 18.2 Å². The lowest BCUT2D eigenvalue weighted by Gasteiger charge is -2.10. The molecule has 0 saturated heterocycles. The predicted octanol–water partition coefficient (Wildman–Crippen LogP) is 3.33. The minimum atomic E-state index is -0.586. The highest BCUT2D eigenvalue weighted by Crippen LogP contribution is 2.20. The molecule has 20 heavy (non-hydrogen) atoms. The first-order chi connectivity index (χ1) is 9.60. The van der Waals surface area contributed by atoms with Crippen LogP contribution in [0, 0.1) is 17.1 Å². The second-order valence-corrected chi connectivity index (χ2v) is 4.46. The molecule has 0 amide bonds. The topological polar surface area (TPSA) is 53.2 Å². The van der Waals surface area contributed by atoms with Gasteiger partial charge >= 0.3 is 0 Å². The first-order valence-electron chi connectivity index (χ1n) is 6.19. The highest BCUT2D eigenvalue weighted by molar-refractivity contribution is 5.34. The lowest BCUT2D eigenvalue weighted by molar-refractivity contribution is 0.198. The highest BCUT2D eigenvalue weighted by Gasteiger charge is 2.06. The molecule has 0 radical (unpaired) electrons. The Morgan fingerprint density at radius 3 is 2.80 bits per heavy atom. The quantitative estimate of drug-likeness (QED) is 0.928. The van der Waals surface area contributed by atoms with Crippen LogP contribution in [0.4, 0.5) is 4.39 Å². The molecule has 1 N–H and O–H groups in total. The molecule has 2 aromatic carbocycles. The number of benzene rings is 2. The number of aliphatic hydroxyl groups is 1. The Bertz CT molecular complexity index is 647. The van der Waals surface area contributed by atoms with Crippen LogP contribution in [-0.4, -0.2) is 5.11 Å². The number of ether oxygens (including phenoxy) is 1. The van der Waals surface area contributed by atoms with Crippen molar-refractivity contribution in [3.63, 3.8) is 0 Å². The average Bonchev–Trinajstić information content (AvgIpc) is 2.46. The summed E-state index contributed by atoms with van der Waals surface area (Å²) in [6.07, 6.45) is -0.586. The van der Waals surface area contributed by atoms with Gasteiger partial charge in [0.2, 0.25) is 0 Å². The van der Waals surface area contributed by atoms with Crippen molar-refractivity contribution in [2.45, 2.75) is 19.6 Å². The molecular weight excluding hydrogens is 257 g/mol. The van der Waals surface area contributed by atoms with E-state index < -0.39 is 11.9 Å². The molecule has 0 fully saturated rings. The lowest BCUT2D eigenvalue weighted by Crippen LogP contribution is -2.00. The third-order valence-corrected chi connectivity index (χ3v) is 2.91. The van der Waals surface area contributed by atoms with Gasteiger partial charge in [0.15, 0.2) is 0 Å². The van der Waals surface area contributed by atoms with Crippen molar-refractivity contribution in [3.8, 4) is 11.8 Å². The van der Waals surface area contributed by atoms with E-state index in [9.17, 15) is 9.50 Å². The molecule has 0 aliphatic rings. The molecule has 1 atom stereocenters. The third kappa shape index (κ3) is 3.34. The van der Waals surface area contributed by atoms with Gasteiger partial charge in [0.1, 0.15) is 18.2 Å². The number of hydrogen-bond donors (Lipinski definition) is 1. The maximum Gasteiger partial charge on any atom is 0.129 e. The van der Waals surface area contributed by atoms with Crippen molar-refractivity contribution in [2.24, 2.45) is 0 Å². The summed E-state index contributed by atoms with van der Waals surface area (Å²) in [6.45, 7) is 1.69. The van der Waals surface area contributed by atoms with Crippen LogP contribution in [-0.2, 0) is 6.61 Å². The van der Waals surface area contributed by atoms with Gasteiger partial charge in [-0.1, -0.05) is 12.1 Å². The van der Waals surface area contributed by atoms with E-state index in [1.807, 2.05) is 6.07 Å². The Balaban J connectivity index is 2.13. The summed E-state index contributed by atoms with van der Waals surface area (Å²) < 4.78 is 19.1. The highest BCUT2D eigenvalue weighted by atomic mass is 19.1. The van der Waals surface area contributed by atoms with E-state index in [0.717, 1.165) is 5.56 Å². The van der Waals surface area contributed by atoms with E-state index in [2.05, 4.69) is 0 Å². The van der Waals surface area contributed by atoms with Crippen LogP contribution in [0.25, 0.3) is 0 Å². The summed E-state index contributed by atoms with van der Waals surface area (Å²) in [5, 5.41) is 18.3. The summed E-state index contributed by atoms with van der Waals surface area (Å²) in [5.41, 5.74) is 1.45. The van der Waals surface area contributed by atoms with Gasteiger partial charge in [-0.15, -0.1) is 0 Å². The minimum absolute atomic E-state index is 0.0324. The molecular formula is C16H14FNO2. The van der Waals surface area contributed by atoms with Crippen LogP contribution in [0.1, 0.15) is 29.7 Å². The van der Waals surface area contributed by atoms with Crippen LogP contribution < -0.4 is 4.74 Å². The smallest absolute Gasteiger partial charge is 0.129 e. The molecule has 3 nitrogen and oxygen atoms in total. The van der Waals surface area contributed by atoms with Gasteiger partial charge in [0.25, 0.3) is 0 Å². The Kier molecular flexibility index (Phi) is 4.34. The number of halogens is 1. The molecule has 0 spiro atoms. The predicted molar refractivity (Wildman–Crippen MR) is 72.5 cm³/mol. The zero-order valence-electron chi connectivity index (χ0n) is 11.0. The van der Waals surface area contributed by atoms with Crippen LogP contribution in [0.2, 0.25) is 0 Å². The summed E-state index contributed by atoms with van der Waals surface area (Å²) in [5.74, 6) is 0.140. The van der Waals surface area contributed by atoms with Crippen molar-refractivity contribution in [3.05, 3.63) is 65.0 Å². The molecule has 2 rings (SSSR count). The molecule has 2 aromatic rings. The number of aliphatic hydroxyl groups excluding tert-OH is 1. The average molecular weight is 271 g/mol. The van der Waals surface area contributed by atoms with Crippen LogP contribution in [0.5, 0.6) is 5.75 Å². The van der Waals surface area contributed by atoms with Gasteiger partial charge < -0.3 is 9.84 Å². The van der Waals surface area contributed by atoms with Gasteiger partial charge in [-0.2, -0.15) is 5.26 Å². The van der Waals surface area contributed by atoms with Crippen LogP contribution >= 0.6 is 0 Å². The molecule has 0 bridgehead atoms. The van der Waals surface area contributed by atoms with Crippen molar-refractivity contribution in [1.29, 1.82) is 5.26 Å². The molecule has 0 aliphatic heterocycles. The lowest BCUT2D eigenvalue weighted by atomic mass is 10.1. The molecule has 0 heterocycles. The molecule has 4 heteroatoms. The largest absolute Gasteiger partial charge is 0.489 e. The minimum Gasteiger partial charge on any atom is -0.489 e. The molecule has 0 aromatic heterocycles. The van der Waals surface area contributed by atoms with E-state index in [-0.39, 0.29) is 6.61 Å². The molecule has 0 aliphatic carbocycles. The first kappa shape index (κ1) is 14.0. The van der Waals surface area contributed by atoms with Crippen molar-refractivity contribution < 1.29 is 14.2 Å². The fraction of sp³-hybridized carbons (Fsp3) is 0.188. The Hall–Kier alpha value is -2.38. The summed E-state index contributed by atoms with van der Waals surface area (Å²) in [6, 6.07) is 13.1. The first-order valence-corrected chi connectivity index (χ1v) is 6.19. The monoisotopic (exact) mass is 271 g/mol. The molecule has 102 valence electrons. The van der Waals surface area contributed by atoms with E-state index >= 15 is 0 Å². The summed E-state index contributed by atoms with van der Waals surface area (Å²) >= 11 is 0. The van der Waals surface area contributed by atoms with E-state index in [1.54, 1.807) is 31.2 Å². The number of nitrogens with zero attached hydrogens (tertiary/aromatic N) is 1. The van der Waals surface area contributed by atoms with Crippen molar-refractivity contribution in [1.82, 2.24) is 0 Å². The zero-order valence-corrected chi connectivity index (χ0v) is 11.0. The number of hydrogen-bond acceptors (Lipinski definition) is 3. The van der Waals surface area contributed by atoms with Crippen molar-refractivity contribution in [2.75, 3.05) is 0 Å². The molecule has 0 saturated carbocycles. The van der Waals surface area contributed by atoms with Gasteiger partial charge in [-0.25, -0.2) is 4.39 Å². The maximum atomic E-state index is 13.6. The standard InChI is InChI=1S/C16H14FNO2/c1-11(19)13-3-2-4-15(8-13)20-10-14-7-12(9-18)5-6-16(14)17/h2-8,11,19H,10H2,1H3/t11-/m0/s1. The van der Waals surface area contributed by atoms with Crippen molar-refractivity contribution >= 4 is 0 Å². The summed E-state index contributed by atoms with van der Waals surface area (Å²) in [4.78, 5) is 0. The fourth-order valence-corrected chi connectivity index (χ4v) is 1.78. The second kappa shape index (κ2) is 6.18. The SMILES string of the molecule is C[C@H](O)c1cccc(OCc2cc(C#N)ccc2F)c1. The van der Waals surface area contributed by atoms with Gasteiger partial charge in [0, 0.05) is 5.56 Å². The Labute approximate surface area is 116 Å². The Morgan fingerprint density at radius 1 is 1.30 bits per heavy atom. The van der Waals surface area contributed by atoms with Gasteiger partial charge in [-0.05, 0) is 42.8 Å². The van der Waals surface area contributed by atoms with Crippen LogP contribution in [0.3, 0.4) is 0 Å². The fourth-order valence-electron chi connectivity index (χ4n) is 1.78. The normalized spacial score (nSPS) is 11.7. The summed E-state index contributed by atoms with van der Waals surface area (Å²) in [7, 11) is 0. The second-order valence-electron chi connectivity index (χ2n) is 4.46. The number of rotatable bonds is 4.